The average molecular weight is 394 g/mol. The molecule has 0 aromatic heterocycles. The lowest BCUT2D eigenvalue weighted by atomic mass is 10.3. The molecule has 1 rings (SSSR count). The van der Waals surface area contributed by atoms with Crippen LogP contribution in [0.3, 0.4) is 0 Å². The van der Waals surface area contributed by atoms with Crippen molar-refractivity contribution in [1.29, 1.82) is 0 Å². The summed E-state index contributed by atoms with van der Waals surface area (Å²) in [6.07, 6.45) is 4.47. The number of hydrogen-bond acceptors (Lipinski definition) is 0. The summed E-state index contributed by atoms with van der Waals surface area (Å²) >= 11 is 5.66. The van der Waals surface area contributed by atoms with Gasteiger partial charge in [0.25, 0.3) is 0 Å². The smallest absolute Gasteiger partial charge is 0.418 e. The molecular formula is C11H13BClF4I. The SMILES string of the molecule is ClCCC/C=C/[I+]c1ccccc1.F[B-](F)(F)F. The van der Waals surface area contributed by atoms with Crippen LogP contribution in [-0.2, 0) is 0 Å². The van der Waals surface area contributed by atoms with Crippen LogP contribution in [0.25, 0.3) is 0 Å². The predicted octanol–water partition coefficient (Wildman–Crippen LogP) is 1.78. The topological polar surface area (TPSA) is 0 Å². The average Bonchev–Trinajstić information content (AvgIpc) is 2.28. The second-order valence-electron chi connectivity index (χ2n) is 3.09. The van der Waals surface area contributed by atoms with Gasteiger partial charge in [0, 0.05) is 5.88 Å². The molecule has 0 spiro atoms. The Morgan fingerprint density at radius 2 is 1.67 bits per heavy atom. The summed E-state index contributed by atoms with van der Waals surface area (Å²) in [5.74, 6) is 0.772. The van der Waals surface area contributed by atoms with Crippen LogP contribution in [0.2, 0.25) is 0 Å². The highest BCUT2D eigenvalue weighted by Crippen LogP contribution is 2.06. The highest BCUT2D eigenvalue weighted by atomic mass is 127. The summed E-state index contributed by atoms with van der Waals surface area (Å²) in [7, 11) is -6.00. The zero-order valence-electron chi connectivity index (χ0n) is 9.51. The molecule has 0 saturated heterocycles. The van der Waals surface area contributed by atoms with Crippen molar-refractivity contribution in [2.45, 2.75) is 12.8 Å². The lowest BCUT2D eigenvalue weighted by molar-refractivity contribution is -0.557. The Balaban J connectivity index is 0.000000494. The van der Waals surface area contributed by atoms with Crippen molar-refractivity contribution in [3.63, 3.8) is 0 Å². The van der Waals surface area contributed by atoms with Crippen LogP contribution in [0, 0.1) is 3.57 Å². The monoisotopic (exact) mass is 394 g/mol. The highest BCUT2D eigenvalue weighted by molar-refractivity contribution is 6.50. The van der Waals surface area contributed by atoms with Crippen molar-refractivity contribution in [3.8, 4) is 0 Å². The van der Waals surface area contributed by atoms with Gasteiger partial charge < -0.3 is 17.3 Å². The molecule has 0 amide bonds. The first-order valence-corrected chi connectivity index (χ1v) is 8.06. The minimum Gasteiger partial charge on any atom is -0.418 e. The zero-order valence-corrected chi connectivity index (χ0v) is 12.4. The van der Waals surface area contributed by atoms with Gasteiger partial charge in [0.15, 0.2) is 7.65 Å². The van der Waals surface area contributed by atoms with E-state index in [0.29, 0.717) is 0 Å². The Labute approximate surface area is 120 Å². The Kier molecular flexibility index (Phi) is 10.5. The molecule has 0 heterocycles. The van der Waals surface area contributed by atoms with Crippen LogP contribution in [0.1, 0.15) is 12.8 Å². The van der Waals surface area contributed by atoms with E-state index in [4.69, 9.17) is 11.6 Å². The minimum atomic E-state index is -6.00. The molecule has 0 nitrogen and oxygen atoms in total. The van der Waals surface area contributed by atoms with E-state index in [0.717, 1.165) is 18.7 Å². The van der Waals surface area contributed by atoms with Crippen molar-refractivity contribution in [2.24, 2.45) is 0 Å². The van der Waals surface area contributed by atoms with Gasteiger partial charge in [-0.15, -0.1) is 11.6 Å². The number of benzene rings is 1. The van der Waals surface area contributed by atoms with Crippen molar-refractivity contribution in [2.75, 3.05) is 5.88 Å². The third kappa shape index (κ3) is 15.8. The Morgan fingerprint density at radius 1 is 1.11 bits per heavy atom. The lowest BCUT2D eigenvalue weighted by Gasteiger charge is -1.94. The lowest BCUT2D eigenvalue weighted by Crippen LogP contribution is -3.59. The molecule has 0 aliphatic heterocycles. The van der Waals surface area contributed by atoms with Crippen LogP contribution in [0.4, 0.5) is 17.3 Å². The Morgan fingerprint density at radius 3 is 2.17 bits per heavy atom. The van der Waals surface area contributed by atoms with Crippen molar-refractivity contribution >= 4 is 18.9 Å². The van der Waals surface area contributed by atoms with Gasteiger partial charge in [-0.2, -0.15) is 0 Å². The third-order valence-corrected chi connectivity index (χ3v) is 4.09. The van der Waals surface area contributed by atoms with Crippen molar-refractivity contribution in [1.82, 2.24) is 0 Å². The predicted molar refractivity (Wildman–Crippen MR) is 64.4 cm³/mol. The summed E-state index contributed by atoms with van der Waals surface area (Å²) in [5.41, 5.74) is 0. The molecule has 0 aliphatic carbocycles. The standard InChI is InChI=1S/C11H13ClI.BF4/c12-9-5-2-6-10-13-11-7-3-1-4-8-11;2-1(3,4)5/h1,3-4,6-8,10H,2,5,9H2;/q+1;-1/b10-6+;. The van der Waals surface area contributed by atoms with Crippen LogP contribution < -0.4 is 21.2 Å². The molecule has 0 aliphatic rings. The van der Waals surface area contributed by atoms with E-state index in [1.54, 1.807) is 0 Å². The summed E-state index contributed by atoms with van der Waals surface area (Å²) in [4.78, 5) is 0. The van der Waals surface area contributed by atoms with Gasteiger partial charge in [-0.05, 0) is 31.1 Å². The van der Waals surface area contributed by atoms with Gasteiger partial charge >= 0.3 is 28.5 Å². The summed E-state index contributed by atoms with van der Waals surface area (Å²) in [6, 6.07) is 10.6. The van der Waals surface area contributed by atoms with E-state index >= 15 is 0 Å². The normalized spacial score (nSPS) is 11.2. The molecule has 0 bridgehead atoms. The summed E-state index contributed by atoms with van der Waals surface area (Å²) < 4.78 is 42.8. The van der Waals surface area contributed by atoms with E-state index in [-0.39, 0.29) is 21.2 Å². The maximum Gasteiger partial charge on any atom is 0.673 e. The molecule has 0 fully saturated rings. The van der Waals surface area contributed by atoms with E-state index < -0.39 is 7.25 Å². The number of halogens is 6. The molecule has 0 saturated carbocycles. The molecule has 102 valence electrons. The van der Waals surface area contributed by atoms with Gasteiger partial charge in [0.05, 0.1) is 0 Å². The molecule has 0 atom stereocenters. The molecule has 18 heavy (non-hydrogen) atoms. The molecule has 1 aromatic rings. The van der Waals surface area contributed by atoms with Gasteiger partial charge in [-0.3, -0.25) is 0 Å². The van der Waals surface area contributed by atoms with Crippen LogP contribution in [-0.4, -0.2) is 13.1 Å². The van der Waals surface area contributed by atoms with Crippen molar-refractivity contribution in [3.05, 3.63) is 44.1 Å². The van der Waals surface area contributed by atoms with Crippen LogP contribution in [0.15, 0.2) is 40.5 Å². The van der Waals surface area contributed by atoms with Gasteiger partial charge in [-0.25, -0.2) is 0 Å². The first-order valence-electron chi connectivity index (χ1n) is 5.20. The number of alkyl halides is 1. The van der Waals surface area contributed by atoms with Crippen LogP contribution >= 0.6 is 11.6 Å². The van der Waals surface area contributed by atoms with E-state index in [1.807, 2.05) is 0 Å². The first-order chi connectivity index (χ1) is 8.43. The van der Waals surface area contributed by atoms with Gasteiger partial charge in [0.2, 0.25) is 0 Å². The van der Waals surface area contributed by atoms with Gasteiger partial charge in [0.1, 0.15) is 0 Å². The Bertz CT molecular complexity index is 324. The van der Waals surface area contributed by atoms with E-state index in [1.165, 1.54) is 3.57 Å². The largest absolute Gasteiger partial charge is 0.673 e. The number of hydrogen-bond donors (Lipinski definition) is 0. The molecule has 1 aromatic carbocycles. The Hall–Kier alpha value is -0.235. The fraction of sp³-hybridized carbons (Fsp3) is 0.273. The first kappa shape index (κ1) is 17.8. The molecule has 0 N–H and O–H groups in total. The van der Waals surface area contributed by atoms with Gasteiger partial charge in [-0.1, -0.05) is 18.2 Å². The summed E-state index contributed by atoms with van der Waals surface area (Å²) in [5, 5.41) is 0. The molecular weight excluding hydrogens is 381 g/mol. The summed E-state index contributed by atoms with van der Waals surface area (Å²) in [6.45, 7) is 0. The molecule has 0 unspecified atom stereocenters. The number of unbranched alkanes of at least 4 members (excludes halogenated alkanes) is 1. The number of allylic oxidation sites excluding steroid dienone is 1. The molecule has 7 heteroatoms. The fourth-order valence-electron chi connectivity index (χ4n) is 0.863. The highest BCUT2D eigenvalue weighted by Gasteiger charge is 2.20. The second kappa shape index (κ2) is 10.7. The quantitative estimate of drug-likeness (QED) is 0.235. The fourth-order valence-corrected chi connectivity index (χ4v) is 2.88. The minimum absolute atomic E-state index is 0.0853. The second-order valence-corrected chi connectivity index (χ2v) is 6.06. The number of rotatable bonds is 5. The molecule has 0 radical (unpaired) electrons. The van der Waals surface area contributed by atoms with Crippen LogP contribution in [0.5, 0.6) is 0 Å². The van der Waals surface area contributed by atoms with E-state index in [9.17, 15) is 17.3 Å². The third-order valence-electron chi connectivity index (χ3n) is 1.52. The maximum atomic E-state index is 9.75. The maximum absolute atomic E-state index is 9.75. The van der Waals surface area contributed by atoms with E-state index in [2.05, 4.69) is 40.5 Å². The zero-order chi connectivity index (χ0) is 13.9. The van der Waals surface area contributed by atoms with Crippen molar-refractivity contribution < 1.29 is 38.5 Å².